The van der Waals surface area contributed by atoms with Crippen LogP contribution >= 0.6 is 0 Å². The van der Waals surface area contributed by atoms with Gasteiger partial charge in [0.25, 0.3) is 5.69 Å². The SMILES string of the molecule is O=[N+]([O-])c1ccc(OCCC(F)(F)F)cc1.OCCC(F)(F)F. The van der Waals surface area contributed by atoms with Gasteiger partial charge in [0.1, 0.15) is 5.75 Å². The minimum atomic E-state index is -4.26. The molecule has 0 spiro atoms. The monoisotopic (exact) mass is 349 g/mol. The van der Waals surface area contributed by atoms with E-state index in [1.165, 1.54) is 24.3 Å². The molecule has 1 aromatic carbocycles. The average molecular weight is 349 g/mol. The molecule has 1 rings (SSSR count). The number of ether oxygens (including phenoxy) is 1. The maximum Gasteiger partial charge on any atom is 0.392 e. The van der Waals surface area contributed by atoms with Gasteiger partial charge in [-0.15, -0.1) is 0 Å². The van der Waals surface area contributed by atoms with E-state index in [2.05, 4.69) is 0 Å². The summed E-state index contributed by atoms with van der Waals surface area (Å²) in [4.78, 5) is 9.68. The first-order valence-corrected chi connectivity index (χ1v) is 6.06. The van der Waals surface area contributed by atoms with E-state index in [1.54, 1.807) is 0 Å². The van der Waals surface area contributed by atoms with Crippen LogP contribution in [0.1, 0.15) is 12.8 Å². The summed E-state index contributed by atoms with van der Waals surface area (Å²) in [7, 11) is 0. The fourth-order valence-corrected chi connectivity index (χ4v) is 1.08. The standard InChI is InChI=1S/C9H8F3NO3.C3H5F3O/c10-9(11,12)5-6-16-8-3-1-7(2-4-8)13(14)15;4-3(5,6)1-2-7/h1-4H,5-6H2;7H,1-2H2. The molecule has 23 heavy (non-hydrogen) atoms. The Morgan fingerprint density at radius 3 is 1.78 bits per heavy atom. The number of halogens is 6. The Bertz CT molecular complexity index is 472. The van der Waals surface area contributed by atoms with Crippen LogP contribution < -0.4 is 4.74 Å². The lowest BCUT2D eigenvalue weighted by Gasteiger charge is -2.07. The van der Waals surface area contributed by atoms with E-state index in [1.807, 2.05) is 0 Å². The summed E-state index contributed by atoms with van der Waals surface area (Å²) >= 11 is 0. The predicted octanol–water partition coefficient (Wildman–Crippen LogP) is 3.86. The second kappa shape index (κ2) is 9.18. The van der Waals surface area contributed by atoms with Crippen LogP contribution in [0.3, 0.4) is 0 Å². The van der Waals surface area contributed by atoms with E-state index in [0.717, 1.165) is 0 Å². The summed E-state index contributed by atoms with van der Waals surface area (Å²) in [5, 5.41) is 18.0. The quantitative estimate of drug-likeness (QED) is 0.498. The summed E-state index contributed by atoms with van der Waals surface area (Å²) in [6, 6.07) is 4.86. The van der Waals surface area contributed by atoms with Crippen LogP contribution in [0.4, 0.5) is 32.0 Å². The third-order valence-corrected chi connectivity index (χ3v) is 2.10. The Kier molecular flexibility index (Phi) is 8.36. The second-order valence-corrected chi connectivity index (χ2v) is 4.05. The van der Waals surface area contributed by atoms with Gasteiger partial charge in [-0.3, -0.25) is 10.1 Å². The molecule has 0 aliphatic rings. The van der Waals surface area contributed by atoms with Gasteiger partial charge in [-0.2, -0.15) is 26.3 Å². The first-order chi connectivity index (χ1) is 10.4. The highest BCUT2D eigenvalue weighted by Gasteiger charge is 2.27. The van der Waals surface area contributed by atoms with Crippen molar-refractivity contribution in [2.75, 3.05) is 13.2 Å². The van der Waals surface area contributed by atoms with Gasteiger partial charge in [-0.1, -0.05) is 0 Å². The van der Waals surface area contributed by atoms with E-state index in [-0.39, 0.29) is 11.4 Å². The van der Waals surface area contributed by atoms with Gasteiger partial charge < -0.3 is 9.84 Å². The Morgan fingerprint density at radius 1 is 1.00 bits per heavy atom. The van der Waals surface area contributed by atoms with Crippen LogP contribution in [0, 0.1) is 10.1 Å². The van der Waals surface area contributed by atoms with Crippen molar-refractivity contribution in [2.45, 2.75) is 25.2 Å². The maximum atomic E-state index is 11.8. The number of nitro benzene ring substituents is 1. The zero-order chi connectivity index (χ0) is 18.1. The molecule has 0 fully saturated rings. The molecule has 0 amide bonds. The molecule has 0 saturated carbocycles. The van der Waals surface area contributed by atoms with Crippen LogP contribution in [-0.2, 0) is 0 Å². The Labute approximate surface area is 126 Å². The lowest BCUT2D eigenvalue weighted by atomic mass is 10.3. The highest BCUT2D eigenvalue weighted by atomic mass is 19.4. The number of benzene rings is 1. The van der Waals surface area contributed by atoms with Crippen molar-refractivity contribution in [3.63, 3.8) is 0 Å². The third kappa shape index (κ3) is 12.2. The first-order valence-electron chi connectivity index (χ1n) is 6.06. The van der Waals surface area contributed by atoms with Gasteiger partial charge in [0.05, 0.1) is 31.0 Å². The van der Waals surface area contributed by atoms with E-state index in [4.69, 9.17) is 9.84 Å². The lowest BCUT2D eigenvalue weighted by Crippen LogP contribution is -2.12. The van der Waals surface area contributed by atoms with Crippen molar-refractivity contribution in [3.05, 3.63) is 34.4 Å². The molecule has 1 N–H and O–H groups in total. The number of hydrogen-bond acceptors (Lipinski definition) is 4. The minimum absolute atomic E-state index is 0.136. The molecule has 132 valence electrons. The van der Waals surface area contributed by atoms with Crippen molar-refractivity contribution in [1.29, 1.82) is 0 Å². The molecule has 0 aromatic heterocycles. The molecular weight excluding hydrogens is 336 g/mol. The second-order valence-electron chi connectivity index (χ2n) is 4.05. The Morgan fingerprint density at radius 2 is 1.48 bits per heavy atom. The number of alkyl halides is 6. The largest absolute Gasteiger partial charge is 0.493 e. The van der Waals surface area contributed by atoms with Crippen molar-refractivity contribution in [1.82, 2.24) is 0 Å². The van der Waals surface area contributed by atoms with Crippen molar-refractivity contribution >= 4 is 5.69 Å². The molecule has 11 heteroatoms. The van der Waals surface area contributed by atoms with Gasteiger partial charge in [-0.25, -0.2) is 0 Å². The molecule has 1 aromatic rings. The van der Waals surface area contributed by atoms with E-state index in [0.29, 0.717) is 0 Å². The summed E-state index contributed by atoms with van der Waals surface area (Å²) in [5.74, 6) is 0.176. The fraction of sp³-hybridized carbons (Fsp3) is 0.500. The molecule has 5 nitrogen and oxygen atoms in total. The van der Waals surface area contributed by atoms with Crippen LogP contribution in [0.5, 0.6) is 5.75 Å². The van der Waals surface area contributed by atoms with Crippen molar-refractivity contribution in [2.24, 2.45) is 0 Å². The molecule has 0 bridgehead atoms. The number of aliphatic hydroxyl groups is 1. The number of non-ortho nitro benzene ring substituents is 1. The minimum Gasteiger partial charge on any atom is -0.493 e. The van der Waals surface area contributed by atoms with Crippen LogP contribution in [0.2, 0.25) is 0 Å². The van der Waals surface area contributed by atoms with Crippen LogP contribution in [-0.4, -0.2) is 35.6 Å². The molecule has 0 heterocycles. The van der Waals surface area contributed by atoms with Crippen molar-refractivity contribution in [3.8, 4) is 5.75 Å². The molecule has 0 atom stereocenters. The van der Waals surface area contributed by atoms with Crippen molar-refractivity contribution < 1.29 is 41.1 Å². The zero-order valence-electron chi connectivity index (χ0n) is 11.5. The molecular formula is C12H13F6NO4. The highest BCUT2D eigenvalue weighted by molar-refractivity contribution is 5.35. The van der Waals surface area contributed by atoms with E-state index < -0.39 is 43.3 Å². The Hall–Kier alpha value is -2.04. The fourth-order valence-electron chi connectivity index (χ4n) is 1.08. The number of aliphatic hydroxyl groups excluding tert-OH is 1. The number of nitro groups is 1. The van der Waals surface area contributed by atoms with Crippen LogP contribution in [0.25, 0.3) is 0 Å². The van der Waals surface area contributed by atoms with Gasteiger partial charge in [-0.05, 0) is 12.1 Å². The summed E-state index contributed by atoms with van der Waals surface area (Å²) in [6.07, 6.45) is -10.6. The van der Waals surface area contributed by atoms with E-state index >= 15 is 0 Å². The van der Waals surface area contributed by atoms with Gasteiger partial charge >= 0.3 is 12.4 Å². The average Bonchev–Trinajstić information content (AvgIpc) is 2.37. The molecule has 0 aliphatic carbocycles. The predicted molar refractivity (Wildman–Crippen MR) is 67.0 cm³/mol. The Balaban J connectivity index is 0.000000585. The number of hydrogen-bond donors (Lipinski definition) is 1. The molecule has 0 radical (unpaired) electrons. The van der Waals surface area contributed by atoms with Gasteiger partial charge in [0.2, 0.25) is 0 Å². The van der Waals surface area contributed by atoms with Gasteiger partial charge in [0.15, 0.2) is 0 Å². The lowest BCUT2D eigenvalue weighted by molar-refractivity contribution is -0.384. The zero-order valence-corrected chi connectivity index (χ0v) is 11.5. The first kappa shape index (κ1) is 21.0. The number of nitrogens with zero attached hydrogens (tertiary/aromatic N) is 1. The molecule has 0 aliphatic heterocycles. The smallest absolute Gasteiger partial charge is 0.392 e. The number of rotatable bonds is 5. The van der Waals surface area contributed by atoms with E-state index in [9.17, 15) is 36.5 Å². The highest BCUT2D eigenvalue weighted by Crippen LogP contribution is 2.21. The summed E-state index contributed by atoms with van der Waals surface area (Å²) in [5.41, 5.74) is -0.136. The summed E-state index contributed by atoms with van der Waals surface area (Å²) in [6.45, 7) is -1.31. The van der Waals surface area contributed by atoms with Gasteiger partial charge in [0, 0.05) is 12.1 Å². The normalized spacial score (nSPS) is 11.4. The van der Waals surface area contributed by atoms with Crippen LogP contribution in [0.15, 0.2) is 24.3 Å². The molecule has 0 saturated heterocycles. The maximum absolute atomic E-state index is 11.8. The summed E-state index contributed by atoms with van der Waals surface area (Å²) < 4.78 is 72.7. The molecule has 0 unspecified atom stereocenters. The third-order valence-electron chi connectivity index (χ3n) is 2.10. The topological polar surface area (TPSA) is 72.6 Å².